The minimum atomic E-state index is -0.0245. The van der Waals surface area contributed by atoms with E-state index in [0.29, 0.717) is 21.6 Å². The van der Waals surface area contributed by atoms with Crippen molar-refractivity contribution in [1.29, 1.82) is 0 Å². The fourth-order valence-corrected chi connectivity index (χ4v) is 7.13. The zero-order chi connectivity index (χ0) is 27.5. The first-order valence-electron chi connectivity index (χ1n) is 13.0. The lowest BCUT2D eigenvalue weighted by atomic mass is 10.1. The molecule has 1 saturated heterocycles. The minimum Gasteiger partial charge on any atom is -0.457 e. The smallest absolute Gasteiger partial charge is 0.269 e. The predicted molar refractivity (Wildman–Crippen MR) is 167 cm³/mol. The molecule has 5 nitrogen and oxygen atoms in total. The third-order valence-corrected chi connectivity index (χ3v) is 9.16. The SMILES string of the molecule is CCN1C(=C2SC(=Nc3ccc(Oc4ccccc4)cc3)N(CCc3ccccc3)C2=O)Sc2ccc(Cl)cc21. The van der Waals surface area contributed by atoms with Gasteiger partial charge < -0.3 is 9.64 Å². The Morgan fingerprint density at radius 2 is 1.52 bits per heavy atom. The summed E-state index contributed by atoms with van der Waals surface area (Å²) in [6.07, 6.45) is 0.735. The molecule has 0 aliphatic carbocycles. The third-order valence-electron chi connectivity index (χ3n) is 6.54. The first-order chi connectivity index (χ1) is 19.6. The zero-order valence-electron chi connectivity index (χ0n) is 21.8. The van der Waals surface area contributed by atoms with Crippen LogP contribution < -0.4 is 9.64 Å². The lowest BCUT2D eigenvalue weighted by Gasteiger charge is -2.19. The van der Waals surface area contributed by atoms with Gasteiger partial charge in [0.05, 0.1) is 11.4 Å². The number of nitrogens with zero attached hydrogens (tertiary/aromatic N) is 3. The van der Waals surface area contributed by atoms with Crippen LogP contribution in [0, 0.1) is 0 Å². The van der Waals surface area contributed by atoms with Crippen LogP contribution in [0.3, 0.4) is 0 Å². The van der Waals surface area contributed by atoms with Crippen molar-refractivity contribution in [1.82, 2.24) is 4.90 Å². The van der Waals surface area contributed by atoms with E-state index < -0.39 is 0 Å². The highest BCUT2D eigenvalue weighted by atomic mass is 35.5. The van der Waals surface area contributed by atoms with Crippen LogP contribution in [-0.2, 0) is 11.2 Å². The highest BCUT2D eigenvalue weighted by Crippen LogP contribution is 2.51. The summed E-state index contributed by atoms with van der Waals surface area (Å²) in [6, 6.07) is 33.4. The first-order valence-corrected chi connectivity index (χ1v) is 15.0. The van der Waals surface area contributed by atoms with Crippen molar-refractivity contribution in [2.45, 2.75) is 18.2 Å². The van der Waals surface area contributed by atoms with Crippen LogP contribution >= 0.6 is 35.1 Å². The average Bonchev–Trinajstić information content (AvgIpc) is 3.49. The summed E-state index contributed by atoms with van der Waals surface area (Å²) in [5.74, 6) is 1.48. The van der Waals surface area contributed by atoms with Crippen LogP contribution in [-0.4, -0.2) is 29.1 Å². The quantitative estimate of drug-likeness (QED) is 0.204. The summed E-state index contributed by atoms with van der Waals surface area (Å²) in [7, 11) is 0. The number of carbonyl (C=O) groups is 1. The largest absolute Gasteiger partial charge is 0.457 e. The van der Waals surface area contributed by atoms with Crippen molar-refractivity contribution in [2.75, 3.05) is 18.0 Å². The molecule has 0 saturated carbocycles. The number of benzene rings is 4. The minimum absolute atomic E-state index is 0.0245. The van der Waals surface area contributed by atoms with E-state index >= 15 is 0 Å². The monoisotopic (exact) mass is 583 g/mol. The molecule has 2 aliphatic heterocycles. The number of hydrogen-bond acceptors (Lipinski definition) is 6. The summed E-state index contributed by atoms with van der Waals surface area (Å²) >= 11 is 9.36. The molecule has 8 heteroatoms. The predicted octanol–water partition coefficient (Wildman–Crippen LogP) is 8.74. The zero-order valence-corrected chi connectivity index (χ0v) is 24.2. The number of carbonyl (C=O) groups excluding carboxylic acids is 1. The fourth-order valence-electron chi connectivity index (χ4n) is 4.56. The summed E-state index contributed by atoms with van der Waals surface area (Å²) in [5, 5.41) is 2.28. The van der Waals surface area contributed by atoms with E-state index in [4.69, 9.17) is 21.3 Å². The summed E-state index contributed by atoms with van der Waals surface area (Å²) in [5.41, 5.74) is 2.97. The van der Waals surface area contributed by atoms with Crippen LogP contribution in [0.15, 0.2) is 123 Å². The van der Waals surface area contributed by atoms with E-state index in [1.807, 2.05) is 91.0 Å². The van der Waals surface area contributed by atoms with Gasteiger partial charge in [0.15, 0.2) is 5.17 Å². The van der Waals surface area contributed by atoms with Gasteiger partial charge in [0.2, 0.25) is 0 Å². The van der Waals surface area contributed by atoms with Crippen molar-refractivity contribution in [3.05, 3.63) is 124 Å². The van der Waals surface area contributed by atoms with Gasteiger partial charge in [-0.05, 0) is 85.3 Å². The number of fused-ring (bicyclic) bond motifs is 1. The van der Waals surface area contributed by atoms with Crippen LogP contribution in [0.1, 0.15) is 12.5 Å². The maximum Gasteiger partial charge on any atom is 0.269 e. The van der Waals surface area contributed by atoms with Gasteiger partial charge in [-0.3, -0.25) is 9.69 Å². The van der Waals surface area contributed by atoms with E-state index in [1.54, 1.807) is 16.7 Å². The molecule has 0 bridgehead atoms. The lowest BCUT2D eigenvalue weighted by molar-refractivity contribution is -0.122. The number of para-hydroxylation sites is 1. The average molecular weight is 584 g/mol. The Labute approximate surface area is 247 Å². The number of anilines is 1. The number of ether oxygens (including phenoxy) is 1. The highest BCUT2D eigenvalue weighted by molar-refractivity contribution is 8.19. The Balaban J connectivity index is 1.31. The lowest BCUT2D eigenvalue weighted by Crippen LogP contribution is -2.32. The summed E-state index contributed by atoms with van der Waals surface area (Å²) < 4.78 is 5.93. The number of amides is 1. The van der Waals surface area contributed by atoms with Crippen molar-refractivity contribution in [2.24, 2.45) is 4.99 Å². The van der Waals surface area contributed by atoms with Gasteiger partial charge in [-0.25, -0.2) is 4.99 Å². The Hall–Kier alpha value is -3.65. The Bertz CT molecular complexity index is 1590. The number of halogens is 1. The molecule has 200 valence electrons. The van der Waals surface area contributed by atoms with Crippen molar-refractivity contribution < 1.29 is 9.53 Å². The summed E-state index contributed by atoms with van der Waals surface area (Å²) in [6.45, 7) is 3.35. The molecule has 2 aliphatic rings. The molecule has 4 aromatic rings. The van der Waals surface area contributed by atoms with Crippen LogP contribution in [0.4, 0.5) is 11.4 Å². The van der Waals surface area contributed by atoms with E-state index in [-0.39, 0.29) is 5.91 Å². The number of amidine groups is 1. The first kappa shape index (κ1) is 26.6. The molecule has 0 atom stereocenters. The van der Waals surface area contributed by atoms with Crippen LogP contribution in [0.2, 0.25) is 5.02 Å². The van der Waals surface area contributed by atoms with E-state index in [9.17, 15) is 4.79 Å². The second kappa shape index (κ2) is 11.8. The third kappa shape index (κ3) is 5.63. The van der Waals surface area contributed by atoms with Crippen LogP contribution in [0.25, 0.3) is 0 Å². The van der Waals surface area contributed by atoms with Crippen molar-refractivity contribution >= 4 is 57.6 Å². The molecule has 0 spiro atoms. The number of hydrogen-bond donors (Lipinski definition) is 0. The Morgan fingerprint density at radius 3 is 2.25 bits per heavy atom. The molecule has 6 rings (SSSR count). The van der Waals surface area contributed by atoms with Gasteiger partial charge in [0.1, 0.15) is 21.4 Å². The van der Waals surface area contributed by atoms with Gasteiger partial charge in [-0.1, -0.05) is 71.9 Å². The molecule has 2 heterocycles. The van der Waals surface area contributed by atoms with Gasteiger partial charge >= 0.3 is 0 Å². The Kier molecular flexibility index (Phi) is 7.86. The maximum absolute atomic E-state index is 13.9. The second-order valence-corrected chi connectivity index (χ2v) is 11.6. The Morgan fingerprint density at radius 1 is 0.825 bits per heavy atom. The maximum atomic E-state index is 13.9. The van der Waals surface area contributed by atoms with E-state index in [2.05, 4.69) is 24.0 Å². The molecule has 0 N–H and O–H groups in total. The highest BCUT2D eigenvalue weighted by Gasteiger charge is 2.39. The molecule has 4 aromatic carbocycles. The van der Waals surface area contributed by atoms with E-state index in [1.165, 1.54) is 17.3 Å². The second-order valence-electron chi connectivity index (χ2n) is 9.19. The normalized spacial score (nSPS) is 17.6. The molecule has 40 heavy (non-hydrogen) atoms. The number of rotatable bonds is 7. The molecule has 0 unspecified atom stereocenters. The number of thioether (sulfide) groups is 2. The van der Waals surface area contributed by atoms with E-state index in [0.717, 1.165) is 45.8 Å². The molecular weight excluding hydrogens is 558 g/mol. The molecule has 0 aromatic heterocycles. The standard InChI is InChI=1S/C32H26ClN3O2S2/c1-2-35-27-21-23(33)13-18-28(27)39-31(35)29-30(37)36(20-19-22-9-5-3-6-10-22)32(40-29)34-24-14-16-26(17-15-24)38-25-11-7-4-8-12-25/h3-18,21H,2,19-20H2,1H3. The topological polar surface area (TPSA) is 45.1 Å². The fraction of sp³-hybridized carbons (Fsp3) is 0.125. The van der Waals surface area contributed by atoms with Gasteiger partial charge in [-0.15, -0.1) is 0 Å². The van der Waals surface area contributed by atoms with Gasteiger partial charge in [-0.2, -0.15) is 0 Å². The molecule has 1 fully saturated rings. The van der Waals surface area contributed by atoms with Crippen molar-refractivity contribution in [3.63, 3.8) is 0 Å². The van der Waals surface area contributed by atoms with Gasteiger partial charge in [0, 0.05) is 23.0 Å². The molecular formula is C32H26ClN3O2S2. The number of aliphatic imine (C=N–C) groups is 1. The van der Waals surface area contributed by atoms with Gasteiger partial charge in [0.25, 0.3) is 5.91 Å². The molecule has 1 amide bonds. The van der Waals surface area contributed by atoms with Crippen molar-refractivity contribution in [3.8, 4) is 11.5 Å². The van der Waals surface area contributed by atoms with Crippen LogP contribution in [0.5, 0.6) is 11.5 Å². The molecule has 0 radical (unpaired) electrons. The summed E-state index contributed by atoms with van der Waals surface area (Å²) in [4.78, 5) is 24.6.